The quantitative estimate of drug-likeness (QED) is 0.658. The van der Waals surface area contributed by atoms with Crippen LogP contribution in [-0.4, -0.2) is 5.78 Å². The standard InChI is InChI=1S/C17H16ClNO/c1-13(19-12-14-5-3-2-4-6-14)11-17(20)15-7-9-16(18)10-8-15/h2-11,19H,12H2,1H3. The Hall–Kier alpha value is -2.06. The van der Waals surface area contributed by atoms with E-state index in [0.717, 1.165) is 5.70 Å². The van der Waals surface area contributed by atoms with E-state index in [-0.39, 0.29) is 5.78 Å². The minimum absolute atomic E-state index is 0.0280. The number of hydrogen-bond donors (Lipinski definition) is 1. The fourth-order valence-electron chi connectivity index (χ4n) is 1.78. The Kier molecular flexibility index (Phi) is 4.97. The molecule has 0 radical (unpaired) electrons. The van der Waals surface area contributed by atoms with Gasteiger partial charge in [-0.3, -0.25) is 4.79 Å². The second-order valence-electron chi connectivity index (χ2n) is 4.54. The molecule has 0 aliphatic carbocycles. The van der Waals surface area contributed by atoms with Crippen LogP contribution in [0.5, 0.6) is 0 Å². The van der Waals surface area contributed by atoms with Crippen LogP contribution < -0.4 is 5.32 Å². The summed E-state index contributed by atoms with van der Waals surface area (Å²) in [5, 5.41) is 3.85. The lowest BCUT2D eigenvalue weighted by Gasteiger charge is -2.06. The van der Waals surface area contributed by atoms with Crippen LogP contribution in [0.1, 0.15) is 22.8 Å². The second-order valence-corrected chi connectivity index (χ2v) is 4.97. The highest BCUT2D eigenvalue weighted by molar-refractivity contribution is 6.30. The van der Waals surface area contributed by atoms with Crippen LogP contribution in [0.3, 0.4) is 0 Å². The summed E-state index contributed by atoms with van der Waals surface area (Å²) in [4.78, 5) is 12.0. The van der Waals surface area contributed by atoms with Gasteiger partial charge in [-0.1, -0.05) is 41.9 Å². The van der Waals surface area contributed by atoms with Gasteiger partial charge >= 0.3 is 0 Å². The molecule has 0 aliphatic heterocycles. The molecular weight excluding hydrogens is 270 g/mol. The van der Waals surface area contributed by atoms with Crippen LogP contribution in [-0.2, 0) is 6.54 Å². The van der Waals surface area contributed by atoms with Gasteiger partial charge in [0.05, 0.1) is 0 Å². The first-order chi connectivity index (χ1) is 9.65. The van der Waals surface area contributed by atoms with Crippen molar-refractivity contribution >= 4 is 17.4 Å². The third-order valence-electron chi connectivity index (χ3n) is 2.89. The molecule has 0 heterocycles. The molecule has 0 saturated heterocycles. The second kappa shape index (κ2) is 6.92. The van der Waals surface area contributed by atoms with Gasteiger partial charge in [-0.05, 0) is 36.8 Å². The molecule has 1 N–H and O–H groups in total. The number of halogens is 1. The van der Waals surface area contributed by atoms with Gasteiger partial charge < -0.3 is 5.32 Å². The molecule has 0 spiro atoms. The average Bonchev–Trinajstić information content (AvgIpc) is 2.47. The van der Waals surface area contributed by atoms with E-state index in [9.17, 15) is 4.79 Å². The number of nitrogens with one attached hydrogen (secondary N) is 1. The summed E-state index contributed by atoms with van der Waals surface area (Å²) < 4.78 is 0. The van der Waals surface area contributed by atoms with Crippen LogP contribution in [0.25, 0.3) is 0 Å². The fourth-order valence-corrected chi connectivity index (χ4v) is 1.91. The lowest BCUT2D eigenvalue weighted by atomic mass is 10.1. The number of benzene rings is 2. The maximum absolute atomic E-state index is 12.0. The number of hydrogen-bond acceptors (Lipinski definition) is 2. The molecule has 0 bridgehead atoms. The van der Waals surface area contributed by atoms with Gasteiger partial charge in [0.2, 0.25) is 0 Å². The smallest absolute Gasteiger partial charge is 0.187 e. The van der Waals surface area contributed by atoms with E-state index in [1.165, 1.54) is 5.56 Å². The van der Waals surface area contributed by atoms with Crippen molar-refractivity contribution < 1.29 is 4.79 Å². The molecule has 0 fully saturated rings. The number of allylic oxidation sites excluding steroid dienone is 2. The maximum Gasteiger partial charge on any atom is 0.187 e. The first kappa shape index (κ1) is 14.4. The molecular formula is C17H16ClNO. The van der Waals surface area contributed by atoms with Crippen LogP contribution in [0.4, 0.5) is 0 Å². The third-order valence-corrected chi connectivity index (χ3v) is 3.14. The normalized spacial score (nSPS) is 11.2. The lowest BCUT2D eigenvalue weighted by Crippen LogP contribution is -2.12. The Morgan fingerprint density at radius 2 is 1.75 bits per heavy atom. The largest absolute Gasteiger partial charge is 0.384 e. The molecule has 0 amide bonds. The molecule has 102 valence electrons. The van der Waals surface area contributed by atoms with Crippen molar-refractivity contribution in [1.82, 2.24) is 5.32 Å². The average molecular weight is 286 g/mol. The summed E-state index contributed by atoms with van der Waals surface area (Å²) in [6.07, 6.45) is 1.60. The number of carbonyl (C=O) groups excluding carboxylic acids is 1. The Bertz CT molecular complexity index is 603. The van der Waals surface area contributed by atoms with Crippen LogP contribution >= 0.6 is 11.6 Å². The molecule has 2 aromatic rings. The van der Waals surface area contributed by atoms with Crippen molar-refractivity contribution in [1.29, 1.82) is 0 Å². The summed E-state index contributed by atoms with van der Waals surface area (Å²) >= 11 is 5.80. The molecule has 0 aromatic heterocycles. The van der Waals surface area contributed by atoms with Crippen molar-refractivity contribution in [2.45, 2.75) is 13.5 Å². The van der Waals surface area contributed by atoms with E-state index in [4.69, 9.17) is 11.6 Å². The van der Waals surface area contributed by atoms with Crippen molar-refractivity contribution in [3.05, 3.63) is 82.5 Å². The van der Waals surface area contributed by atoms with E-state index in [2.05, 4.69) is 5.32 Å². The molecule has 0 saturated carbocycles. The van der Waals surface area contributed by atoms with Gasteiger partial charge in [-0.2, -0.15) is 0 Å². The minimum atomic E-state index is -0.0280. The van der Waals surface area contributed by atoms with Gasteiger partial charge in [-0.25, -0.2) is 0 Å². The highest BCUT2D eigenvalue weighted by atomic mass is 35.5. The number of ketones is 1. The number of rotatable bonds is 5. The van der Waals surface area contributed by atoms with Crippen LogP contribution in [0, 0.1) is 0 Å². The van der Waals surface area contributed by atoms with E-state index in [1.807, 2.05) is 37.3 Å². The lowest BCUT2D eigenvalue weighted by molar-refractivity contribution is 0.104. The summed E-state index contributed by atoms with van der Waals surface area (Å²) in [5.74, 6) is -0.0280. The van der Waals surface area contributed by atoms with E-state index in [1.54, 1.807) is 30.3 Å². The van der Waals surface area contributed by atoms with Crippen molar-refractivity contribution in [2.24, 2.45) is 0 Å². The predicted octanol–water partition coefficient (Wildman–Crippen LogP) is 4.22. The maximum atomic E-state index is 12.0. The number of carbonyl (C=O) groups is 1. The SMILES string of the molecule is CC(=CC(=O)c1ccc(Cl)cc1)NCc1ccccc1. The van der Waals surface area contributed by atoms with E-state index in [0.29, 0.717) is 17.1 Å². The summed E-state index contributed by atoms with van der Waals surface area (Å²) in [7, 11) is 0. The first-order valence-corrected chi connectivity index (χ1v) is 6.79. The molecule has 2 nitrogen and oxygen atoms in total. The Morgan fingerprint density at radius 1 is 1.10 bits per heavy atom. The zero-order chi connectivity index (χ0) is 14.4. The Labute approximate surface area is 124 Å². The van der Waals surface area contributed by atoms with Gasteiger partial charge in [0.25, 0.3) is 0 Å². The zero-order valence-corrected chi connectivity index (χ0v) is 12.0. The molecule has 3 heteroatoms. The third kappa shape index (κ3) is 4.25. The van der Waals surface area contributed by atoms with Crippen molar-refractivity contribution in [3.8, 4) is 0 Å². The molecule has 0 atom stereocenters. The molecule has 0 unspecified atom stereocenters. The first-order valence-electron chi connectivity index (χ1n) is 6.41. The van der Waals surface area contributed by atoms with Crippen molar-refractivity contribution in [2.75, 3.05) is 0 Å². The van der Waals surface area contributed by atoms with Gasteiger partial charge in [0.1, 0.15) is 0 Å². The van der Waals surface area contributed by atoms with Gasteiger partial charge in [0, 0.05) is 28.9 Å². The highest BCUT2D eigenvalue weighted by Gasteiger charge is 2.03. The highest BCUT2D eigenvalue weighted by Crippen LogP contribution is 2.11. The van der Waals surface area contributed by atoms with E-state index >= 15 is 0 Å². The predicted molar refractivity (Wildman–Crippen MR) is 82.8 cm³/mol. The van der Waals surface area contributed by atoms with E-state index < -0.39 is 0 Å². The molecule has 2 rings (SSSR count). The fraction of sp³-hybridized carbons (Fsp3) is 0.118. The summed E-state index contributed by atoms with van der Waals surface area (Å²) in [5.41, 5.74) is 2.66. The Balaban J connectivity index is 1.96. The van der Waals surface area contributed by atoms with Crippen LogP contribution in [0.2, 0.25) is 5.02 Å². The molecule has 20 heavy (non-hydrogen) atoms. The topological polar surface area (TPSA) is 29.1 Å². The van der Waals surface area contributed by atoms with Gasteiger partial charge in [0.15, 0.2) is 5.78 Å². The molecule has 2 aromatic carbocycles. The zero-order valence-electron chi connectivity index (χ0n) is 11.3. The molecule has 0 aliphatic rings. The van der Waals surface area contributed by atoms with Crippen molar-refractivity contribution in [3.63, 3.8) is 0 Å². The summed E-state index contributed by atoms with van der Waals surface area (Å²) in [6.45, 7) is 2.59. The minimum Gasteiger partial charge on any atom is -0.384 e. The monoisotopic (exact) mass is 285 g/mol. The Morgan fingerprint density at radius 3 is 2.40 bits per heavy atom. The van der Waals surface area contributed by atoms with Crippen LogP contribution in [0.15, 0.2) is 66.4 Å². The van der Waals surface area contributed by atoms with Gasteiger partial charge in [-0.15, -0.1) is 0 Å². The summed E-state index contributed by atoms with van der Waals surface area (Å²) in [6, 6.07) is 16.9.